The first-order valence-corrected chi connectivity index (χ1v) is 6.23. The van der Waals surface area contributed by atoms with E-state index in [0.717, 1.165) is 10.9 Å². The molecule has 0 spiro atoms. The first-order valence-electron chi connectivity index (χ1n) is 6.23. The lowest BCUT2D eigenvalue weighted by Crippen LogP contribution is -2.35. The van der Waals surface area contributed by atoms with Crippen LogP contribution in [0, 0.1) is 0 Å². The van der Waals surface area contributed by atoms with Gasteiger partial charge >= 0.3 is 6.18 Å². The highest BCUT2D eigenvalue weighted by molar-refractivity contribution is 5.79. The van der Waals surface area contributed by atoms with Crippen LogP contribution in [0.5, 0.6) is 5.75 Å². The zero-order valence-corrected chi connectivity index (χ0v) is 10.9. The van der Waals surface area contributed by atoms with Crippen LogP contribution in [0.1, 0.15) is 6.92 Å². The molecule has 1 atom stereocenters. The Balaban J connectivity index is 1.91. The van der Waals surface area contributed by atoms with Gasteiger partial charge in [0.25, 0.3) is 0 Å². The van der Waals surface area contributed by atoms with Crippen LogP contribution in [-0.4, -0.2) is 30.4 Å². The SMILES string of the molecule is CC(CNCC(F)(F)F)Oc1ccc2cccnc2c1. The number of aromatic nitrogens is 1. The first kappa shape index (κ1) is 14.6. The molecule has 0 radical (unpaired) electrons. The van der Waals surface area contributed by atoms with Crippen LogP contribution in [0.25, 0.3) is 10.9 Å². The van der Waals surface area contributed by atoms with E-state index in [1.807, 2.05) is 18.2 Å². The number of alkyl halides is 3. The quantitative estimate of drug-likeness (QED) is 0.915. The molecule has 1 aromatic carbocycles. The fourth-order valence-corrected chi connectivity index (χ4v) is 1.81. The van der Waals surface area contributed by atoms with Gasteiger partial charge in [-0.25, -0.2) is 0 Å². The molecule has 20 heavy (non-hydrogen) atoms. The molecule has 6 heteroatoms. The zero-order valence-electron chi connectivity index (χ0n) is 10.9. The summed E-state index contributed by atoms with van der Waals surface area (Å²) in [4.78, 5) is 4.20. The van der Waals surface area contributed by atoms with Gasteiger partial charge in [0.05, 0.1) is 12.1 Å². The number of halogens is 3. The number of nitrogens with one attached hydrogen (secondary N) is 1. The maximum Gasteiger partial charge on any atom is 0.401 e. The molecule has 0 saturated heterocycles. The van der Waals surface area contributed by atoms with Gasteiger partial charge in [-0.3, -0.25) is 4.98 Å². The lowest BCUT2D eigenvalue weighted by molar-refractivity contribution is -0.125. The fraction of sp³-hybridized carbons (Fsp3) is 0.357. The standard InChI is InChI=1S/C14H15F3N2O/c1-10(8-18-9-14(15,16)17)20-12-5-4-11-3-2-6-19-13(11)7-12/h2-7,10,18H,8-9H2,1H3. The van der Waals surface area contributed by atoms with Crippen molar-refractivity contribution in [1.82, 2.24) is 10.3 Å². The summed E-state index contributed by atoms with van der Waals surface area (Å²) in [5.41, 5.74) is 0.792. The number of rotatable bonds is 5. The summed E-state index contributed by atoms with van der Waals surface area (Å²) < 4.78 is 41.6. The number of nitrogens with zero attached hydrogens (tertiary/aromatic N) is 1. The summed E-state index contributed by atoms with van der Waals surface area (Å²) in [6.45, 7) is 0.825. The Morgan fingerprint density at radius 2 is 2.10 bits per heavy atom. The summed E-state index contributed by atoms with van der Waals surface area (Å²) >= 11 is 0. The highest BCUT2D eigenvalue weighted by Gasteiger charge is 2.26. The number of hydrogen-bond donors (Lipinski definition) is 1. The molecule has 1 N–H and O–H groups in total. The van der Waals surface area contributed by atoms with E-state index in [2.05, 4.69) is 10.3 Å². The molecule has 1 heterocycles. The molecular formula is C14H15F3N2O. The molecule has 2 rings (SSSR count). The van der Waals surface area contributed by atoms with E-state index >= 15 is 0 Å². The van der Waals surface area contributed by atoms with E-state index < -0.39 is 12.7 Å². The number of benzene rings is 1. The maximum atomic E-state index is 12.0. The summed E-state index contributed by atoms with van der Waals surface area (Å²) in [5.74, 6) is 0.595. The molecule has 3 nitrogen and oxygen atoms in total. The van der Waals surface area contributed by atoms with Crippen LogP contribution in [-0.2, 0) is 0 Å². The van der Waals surface area contributed by atoms with Crippen LogP contribution < -0.4 is 10.1 Å². The van der Waals surface area contributed by atoms with Crippen molar-refractivity contribution >= 4 is 10.9 Å². The van der Waals surface area contributed by atoms with Gasteiger partial charge in [0.2, 0.25) is 0 Å². The predicted octanol–water partition coefficient (Wildman–Crippen LogP) is 3.15. The Morgan fingerprint density at radius 3 is 2.85 bits per heavy atom. The predicted molar refractivity (Wildman–Crippen MR) is 70.8 cm³/mol. The molecule has 0 aliphatic rings. The fourth-order valence-electron chi connectivity index (χ4n) is 1.81. The van der Waals surface area contributed by atoms with Crippen LogP contribution in [0.4, 0.5) is 13.2 Å². The van der Waals surface area contributed by atoms with E-state index in [1.54, 1.807) is 25.3 Å². The molecule has 0 aliphatic carbocycles. The second-order valence-electron chi connectivity index (χ2n) is 4.53. The molecule has 1 unspecified atom stereocenters. The minimum atomic E-state index is -4.20. The third-order valence-electron chi connectivity index (χ3n) is 2.67. The van der Waals surface area contributed by atoms with Crippen molar-refractivity contribution in [3.8, 4) is 5.75 Å². The topological polar surface area (TPSA) is 34.1 Å². The average Bonchev–Trinajstić information content (AvgIpc) is 2.37. The molecule has 0 amide bonds. The van der Waals surface area contributed by atoms with Crippen molar-refractivity contribution in [2.24, 2.45) is 0 Å². The molecule has 108 valence electrons. The minimum Gasteiger partial charge on any atom is -0.489 e. The Morgan fingerprint density at radius 1 is 1.30 bits per heavy atom. The number of fused-ring (bicyclic) bond motifs is 1. The van der Waals surface area contributed by atoms with E-state index in [-0.39, 0.29) is 12.6 Å². The normalized spacial score (nSPS) is 13.4. The van der Waals surface area contributed by atoms with Crippen LogP contribution in [0.15, 0.2) is 36.5 Å². The van der Waals surface area contributed by atoms with Crippen molar-refractivity contribution < 1.29 is 17.9 Å². The van der Waals surface area contributed by atoms with Crippen LogP contribution >= 0.6 is 0 Å². The molecule has 2 aromatic rings. The number of hydrogen-bond acceptors (Lipinski definition) is 3. The van der Waals surface area contributed by atoms with Gasteiger partial charge in [-0.1, -0.05) is 6.07 Å². The van der Waals surface area contributed by atoms with E-state index in [9.17, 15) is 13.2 Å². The Kier molecular flexibility index (Phi) is 4.44. The van der Waals surface area contributed by atoms with E-state index in [0.29, 0.717) is 5.75 Å². The third kappa shape index (κ3) is 4.38. The van der Waals surface area contributed by atoms with E-state index in [4.69, 9.17) is 4.74 Å². The van der Waals surface area contributed by atoms with Gasteiger partial charge in [0.15, 0.2) is 0 Å². The Hall–Kier alpha value is -1.82. The van der Waals surface area contributed by atoms with Crippen molar-refractivity contribution in [2.45, 2.75) is 19.2 Å². The molecule has 0 aliphatic heterocycles. The average molecular weight is 284 g/mol. The zero-order chi connectivity index (χ0) is 14.6. The smallest absolute Gasteiger partial charge is 0.401 e. The third-order valence-corrected chi connectivity index (χ3v) is 2.67. The van der Waals surface area contributed by atoms with Crippen molar-refractivity contribution in [2.75, 3.05) is 13.1 Å². The lowest BCUT2D eigenvalue weighted by atomic mass is 10.2. The highest BCUT2D eigenvalue weighted by Crippen LogP contribution is 2.19. The molecule has 1 aromatic heterocycles. The lowest BCUT2D eigenvalue weighted by Gasteiger charge is -2.16. The van der Waals surface area contributed by atoms with Gasteiger partial charge < -0.3 is 10.1 Å². The molecule has 0 fully saturated rings. The Bertz CT molecular complexity index is 572. The van der Waals surface area contributed by atoms with Gasteiger partial charge in [-0.2, -0.15) is 13.2 Å². The van der Waals surface area contributed by atoms with Crippen molar-refractivity contribution in [3.63, 3.8) is 0 Å². The van der Waals surface area contributed by atoms with E-state index in [1.165, 1.54) is 0 Å². The second-order valence-corrected chi connectivity index (χ2v) is 4.53. The first-order chi connectivity index (χ1) is 9.44. The van der Waals surface area contributed by atoms with Crippen LogP contribution in [0.2, 0.25) is 0 Å². The van der Waals surface area contributed by atoms with Gasteiger partial charge in [0, 0.05) is 24.2 Å². The summed E-state index contributed by atoms with van der Waals surface area (Å²) in [7, 11) is 0. The Labute approximate surface area is 114 Å². The summed E-state index contributed by atoms with van der Waals surface area (Å²) in [6, 6.07) is 9.19. The molecule has 0 saturated carbocycles. The number of pyridine rings is 1. The summed E-state index contributed by atoms with van der Waals surface area (Å²) in [6.07, 6.45) is -2.88. The molecular weight excluding hydrogens is 269 g/mol. The summed E-state index contributed by atoms with van der Waals surface area (Å²) in [5, 5.41) is 3.31. The highest BCUT2D eigenvalue weighted by atomic mass is 19.4. The molecule has 0 bridgehead atoms. The van der Waals surface area contributed by atoms with Gasteiger partial charge in [-0.15, -0.1) is 0 Å². The maximum absolute atomic E-state index is 12.0. The largest absolute Gasteiger partial charge is 0.489 e. The van der Waals surface area contributed by atoms with Crippen LogP contribution in [0.3, 0.4) is 0 Å². The van der Waals surface area contributed by atoms with Gasteiger partial charge in [0.1, 0.15) is 11.9 Å². The minimum absolute atomic E-state index is 0.125. The van der Waals surface area contributed by atoms with Crippen molar-refractivity contribution in [3.05, 3.63) is 36.5 Å². The van der Waals surface area contributed by atoms with Crippen molar-refractivity contribution in [1.29, 1.82) is 0 Å². The number of ether oxygens (including phenoxy) is 1. The van der Waals surface area contributed by atoms with Gasteiger partial charge in [-0.05, 0) is 25.1 Å². The monoisotopic (exact) mass is 284 g/mol. The second kappa shape index (κ2) is 6.09.